The van der Waals surface area contributed by atoms with Crippen LogP contribution < -0.4 is 5.63 Å². The van der Waals surface area contributed by atoms with Gasteiger partial charge in [0.25, 0.3) is 0 Å². The number of fused-ring (bicyclic) bond motifs is 1. The van der Waals surface area contributed by atoms with E-state index in [0.29, 0.717) is 22.3 Å². The van der Waals surface area contributed by atoms with Gasteiger partial charge >= 0.3 is 5.63 Å². The molecule has 24 heavy (non-hydrogen) atoms. The average molecular weight is 314 g/mol. The summed E-state index contributed by atoms with van der Waals surface area (Å²) in [5.41, 5.74) is 2.59. The van der Waals surface area contributed by atoms with Crippen LogP contribution in [-0.2, 0) is 0 Å². The predicted octanol–water partition coefficient (Wildman–Crippen LogP) is 4.83. The van der Waals surface area contributed by atoms with Crippen molar-refractivity contribution in [1.82, 2.24) is 0 Å². The van der Waals surface area contributed by atoms with Gasteiger partial charge in [0.15, 0.2) is 0 Å². The fourth-order valence-electron chi connectivity index (χ4n) is 2.98. The number of hydrogen-bond donors (Lipinski definition) is 1. The molecule has 3 nitrogen and oxygen atoms in total. The van der Waals surface area contributed by atoms with Gasteiger partial charge < -0.3 is 9.52 Å². The molecular weight excluding hydrogens is 300 g/mol. The molecule has 0 saturated carbocycles. The van der Waals surface area contributed by atoms with Crippen molar-refractivity contribution in [2.45, 2.75) is 0 Å². The zero-order valence-electron chi connectivity index (χ0n) is 12.8. The number of aromatic hydroxyl groups is 1. The molecule has 0 aliphatic carbocycles. The third kappa shape index (κ3) is 2.27. The van der Waals surface area contributed by atoms with Gasteiger partial charge in [-0.15, -0.1) is 0 Å². The van der Waals surface area contributed by atoms with Gasteiger partial charge in [0.05, 0.1) is 5.56 Å². The molecule has 0 unspecified atom stereocenters. The minimum absolute atomic E-state index is 0.130. The highest BCUT2D eigenvalue weighted by atomic mass is 16.4. The third-order valence-electron chi connectivity index (χ3n) is 4.05. The number of rotatable bonds is 2. The summed E-state index contributed by atoms with van der Waals surface area (Å²) in [6.07, 6.45) is 0. The normalized spacial score (nSPS) is 10.8. The highest BCUT2D eigenvalue weighted by molar-refractivity contribution is 6.02. The summed E-state index contributed by atoms with van der Waals surface area (Å²) in [6, 6.07) is 23.8. The van der Waals surface area contributed by atoms with Crippen molar-refractivity contribution in [2.75, 3.05) is 0 Å². The van der Waals surface area contributed by atoms with E-state index in [2.05, 4.69) is 0 Å². The lowest BCUT2D eigenvalue weighted by atomic mass is 9.92. The second-order valence-corrected chi connectivity index (χ2v) is 5.52. The Labute approximate surface area is 138 Å². The van der Waals surface area contributed by atoms with E-state index in [-0.39, 0.29) is 5.75 Å². The van der Waals surface area contributed by atoms with Gasteiger partial charge in [-0.05, 0) is 17.7 Å². The van der Waals surface area contributed by atoms with Gasteiger partial charge in [-0.25, -0.2) is 4.79 Å². The molecule has 0 amide bonds. The second-order valence-electron chi connectivity index (χ2n) is 5.52. The molecule has 0 radical (unpaired) electrons. The molecule has 116 valence electrons. The number of phenolic OH excluding ortho intramolecular Hbond substituents is 1. The standard InChI is InChI=1S/C21H14O3/c22-17-12-6-4-10-15(17)20-16-11-5-7-13-18(16)24-21(23)19(20)14-8-2-1-3-9-14/h1-13,22H. The minimum atomic E-state index is -0.418. The first-order chi connectivity index (χ1) is 11.8. The Morgan fingerprint density at radius 2 is 1.38 bits per heavy atom. The van der Waals surface area contributed by atoms with E-state index in [0.717, 1.165) is 10.9 Å². The number of hydrogen-bond acceptors (Lipinski definition) is 3. The zero-order valence-corrected chi connectivity index (χ0v) is 12.8. The highest BCUT2D eigenvalue weighted by Crippen LogP contribution is 2.39. The molecule has 1 heterocycles. The lowest BCUT2D eigenvalue weighted by Crippen LogP contribution is -2.06. The van der Waals surface area contributed by atoms with E-state index in [9.17, 15) is 9.90 Å². The Bertz CT molecular complexity index is 1080. The van der Waals surface area contributed by atoms with Crippen LogP contribution in [0.1, 0.15) is 0 Å². The maximum Gasteiger partial charge on any atom is 0.344 e. The average Bonchev–Trinajstić information content (AvgIpc) is 2.62. The van der Waals surface area contributed by atoms with Crippen LogP contribution in [0, 0.1) is 0 Å². The molecule has 0 aliphatic heterocycles. The SMILES string of the molecule is O=c1oc2ccccc2c(-c2ccccc2O)c1-c1ccccc1. The Morgan fingerprint density at radius 3 is 2.17 bits per heavy atom. The number of para-hydroxylation sites is 2. The van der Waals surface area contributed by atoms with E-state index in [1.807, 2.05) is 60.7 Å². The Hall–Kier alpha value is -3.33. The van der Waals surface area contributed by atoms with Gasteiger partial charge in [-0.1, -0.05) is 66.7 Å². The van der Waals surface area contributed by atoms with E-state index < -0.39 is 5.63 Å². The van der Waals surface area contributed by atoms with E-state index >= 15 is 0 Å². The van der Waals surface area contributed by atoms with Crippen molar-refractivity contribution in [3.63, 3.8) is 0 Å². The molecule has 4 aromatic rings. The molecule has 0 aliphatic rings. The van der Waals surface area contributed by atoms with Crippen molar-refractivity contribution >= 4 is 11.0 Å². The predicted molar refractivity (Wildman–Crippen MR) is 95.0 cm³/mol. The fraction of sp³-hybridized carbons (Fsp3) is 0. The highest BCUT2D eigenvalue weighted by Gasteiger charge is 2.19. The monoisotopic (exact) mass is 314 g/mol. The van der Waals surface area contributed by atoms with Crippen LogP contribution in [0.15, 0.2) is 88.1 Å². The summed E-state index contributed by atoms with van der Waals surface area (Å²) in [4.78, 5) is 12.7. The van der Waals surface area contributed by atoms with Crippen molar-refractivity contribution in [1.29, 1.82) is 0 Å². The van der Waals surface area contributed by atoms with Crippen LogP contribution in [0.5, 0.6) is 5.75 Å². The summed E-state index contributed by atoms with van der Waals surface area (Å²) < 4.78 is 5.51. The maximum absolute atomic E-state index is 12.7. The Balaban J connectivity index is 2.20. The first-order valence-corrected chi connectivity index (χ1v) is 7.65. The fourth-order valence-corrected chi connectivity index (χ4v) is 2.98. The van der Waals surface area contributed by atoms with Gasteiger partial charge in [-0.3, -0.25) is 0 Å². The molecule has 0 spiro atoms. The summed E-state index contributed by atoms with van der Waals surface area (Å²) in [5, 5.41) is 11.1. The Morgan fingerprint density at radius 1 is 0.708 bits per heavy atom. The van der Waals surface area contributed by atoms with E-state index in [4.69, 9.17) is 4.42 Å². The van der Waals surface area contributed by atoms with Crippen LogP contribution in [0.4, 0.5) is 0 Å². The van der Waals surface area contributed by atoms with Crippen LogP contribution >= 0.6 is 0 Å². The summed E-state index contributed by atoms with van der Waals surface area (Å²) in [5.74, 6) is 0.130. The van der Waals surface area contributed by atoms with E-state index in [1.54, 1.807) is 18.2 Å². The molecule has 0 atom stereocenters. The summed E-state index contributed by atoms with van der Waals surface area (Å²) in [6.45, 7) is 0. The number of benzene rings is 3. The molecule has 4 rings (SSSR count). The van der Waals surface area contributed by atoms with Crippen molar-refractivity contribution in [3.8, 4) is 28.0 Å². The topological polar surface area (TPSA) is 50.4 Å². The van der Waals surface area contributed by atoms with Crippen LogP contribution in [-0.4, -0.2) is 5.11 Å². The van der Waals surface area contributed by atoms with Crippen LogP contribution in [0.2, 0.25) is 0 Å². The van der Waals surface area contributed by atoms with Crippen LogP contribution in [0.3, 0.4) is 0 Å². The number of phenols is 1. The molecule has 0 saturated heterocycles. The zero-order chi connectivity index (χ0) is 16.5. The van der Waals surface area contributed by atoms with Crippen LogP contribution in [0.25, 0.3) is 33.2 Å². The second kappa shape index (κ2) is 5.70. The smallest absolute Gasteiger partial charge is 0.344 e. The van der Waals surface area contributed by atoms with Crippen molar-refractivity contribution in [3.05, 3.63) is 89.3 Å². The summed E-state index contributed by atoms with van der Waals surface area (Å²) >= 11 is 0. The Kier molecular flexibility index (Phi) is 3.39. The molecule has 1 aromatic heterocycles. The van der Waals surface area contributed by atoms with Gasteiger partial charge in [0.2, 0.25) is 0 Å². The molecule has 1 N–H and O–H groups in total. The van der Waals surface area contributed by atoms with Crippen molar-refractivity contribution < 1.29 is 9.52 Å². The molecule has 0 bridgehead atoms. The molecule has 0 fully saturated rings. The molecule has 3 heteroatoms. The largest absolute Gasteiger partial charge is 0.507 e. The molecule has 3 aromatic carbocycles. The summed E-state index contributed by atoms with van der Waals surface area (Å²) in [7, 11) is 0. The maximum atomic E-state index is 12.7. The van der Waals surface area contributed by atoms with E-state index in [1.165, 1.54) is 0 Å². The lowest BCUT2D eigenvalue weighted by Gasteiger charge is -2.13. The van der Waals surface area contributed by atoms with Gasteiger partial charge in [0, 0.05) is 16.5 Å². The first kappa shape index (κ1) is 14.3. The minimum Gasteiger partial charge on any atom is -0.507 e. The molecular formula is C21H14O3. The van der Waals surface area contributed by atoms with Gasteiger partial charge in [-0.2, -0.15) is 0 Å². The van der Waals surface area contributed by atoms with Gasteiger partial charge in [0.1, 0.15) is 11.3 Å². The third-order valence-corrected chi connectivity index (χ3v) is 4.05. The van der Waals surface area contributed by atoms with Crippen molar-refractivity contribution in [2.24, 2.45) is 0 Å². The lowest BCUT2D eigenvalue weighted by molar-refractivity contribution is 0.477. The first-order valence-electron chi connectivity index (χ1n) is 7.65. The quantitative estimate of drug-likeness (QED) is 0.539.